The quantitative estimate of drug-likeness (QED) is 0.204. The third kappa shape index (κ3) is 7.39. The van der Waals surface area contributed by atoms with E-state index in [0.29, 0.717) is 24.0 Å². The average Bonchev–Trinajstić information content (AvgIpc) is 3.66. The van der Waals surface area contributed by atoms with Crippen LogP contribution in [0.1, 0.15) is 105 Å². The van der Waals surface area contributed by atoms with Crippen molar-refractivity contribution in [3.8, 4) is 0 Å². The van der Waals surface area contributed by atoms with Gasteiger partial charge in [-0.25, -0.2) is 0 Å². The van der Waals surface area contributed by atoms with Gasteiger partial charge in [-0.1, -0.05) is 79.1 Å². The summed E-state index contributed by atoms with van der Waals surface area (Å²) in [6.07, 6.45) is 15.2. The van der Waals surface area contributed by atoms with E-state index in [1.807, 2.05) is 0 Å². The molecule has 0 saturated carbocycles. The second-order valence-corrected chi connectivity index (χ2v) is 11.4. The zero-order valence-corrected chi connectivity index (χ0v) is 21.8. The van der Waals surface area contributed by atoms with E-state index in [1.54, 1.807) is 0 Å². The van der Waals surface area contributed by atoms with Gasteiger partial charge in [-0.15, -0.1) is 0 Å². The number of rotatable bonds is 20. The van der Waals surface area contributed by atoms with Gasteiger partial charge in [0.1, 0.15) is 23.4 Å². The first-order valence-corrected chi connectivity index (χ1v) is 14.2. The molecular weight excluding hydrogens is 416 g/mol. The van der Waals surface area contributed by atoms with Crippen molar-refractivity contribution in [3.05, 3.63) is 0 Å². The van der Waals surface area contributed by atoms with Crippen LogP contribution in [0.15, 0.2) is 0 Å². The number of hydrogen-bond acceptors (Lipinski definition) is 5. The Morgan fingerprint density at radius 3 is 1.33 bits per heavy atom. The van der Waals surface area contributed by atoms with Crippen molar-refractivity contribution in [1.29, 1.82) is 0 Å². The highest BCUT2D eigenvalue weighted by molar-refractivity contribution is 5.08. The Balaban J connectivity index is 1.59. The van der Waals surface area contributed by atoms with Crippen LogP contribution in [0.2, 0.25) is 0 Å². The van der Waals surface area contributed by atoms with Crippen LogP contribution in [-0.4, -0.2) is 62.0 Å². The van der Waals surface area contributed by atoms with E-state index >= 15 is 0 Å². The summed E-state index contributed by atoms with van der Waals surface area (Å²) in [6, 6.07) is 0. The molecule has 5 heteroatoms. The molecule has 0 spiro atoms. The maximum atomic E-state index is 7.59. The Morgan fingerprint density at radius 2 is 1.06 bits per heavy atom. The zero-order chi connectivity index (χ0) is 23.3. The van der Waals surface area contributed by atoms with Crippen molar-refractivity contribution in [2.75, 3.05) is 26.4 Å². The number of unbranched alkanes of at least 4 members (excludes halogenated alkanes) is 2. The van der Waals surface area contributed by atoms with Gasteiger partial charge >= 0.3 is 0 Å². The van der Waals surface area contributed by atoms with E-state index in [-0.39, 0.29) is 23.4 Å². The predicted molar refractivity (Wildman–Crippen MR) is 131 cm³/mol. The van der Waals surface area contributed by atoms with Gasteiger partial charge in [-0.05, 0) is 24.7 Å². The third-order valence-electron chi connectivity index (χ3n) is 8.55. The van der Waals surface area contributed by atoms with Crippen LogP contribution in [0.25, 0.3) is 0 Å². The normalized spacial score (nSPS) is 33.1. The molecule has 33 heavy (non-hydrogen) atoms. The molecule has 4 fully saturated rings. The Kier molecular flexibility index (Phi) is 9.17. The fourth-order valence-corrected chi connectivity index (χ4v) is 6.11. The van der Waals surface area contributed by atoms with E-state index in [4.69, 9.17) is 23.7 Å². The van der Waals surface area contributed by atoms with Gasteiger partial charge in [0.15, 0.2) is 0 Å². The topological polar surface area (TPSA) is 59.4 Å². The van der Waals surface area contributed by atoms with Crippen LogP contribution in [0, 0.1) is 11.8 Å². The molecule has 4 rings (SSSR count). The number of ether oxygens (including phenoxy) is 5. The van der Waals surface area contributed by atoms with Crippen LogP contribution in [0.4, 0.5) is 0 Å². The third-order valence-corrected chi connectivity index (χ3v) is 8.55. The second kappa shape index (κ2) is 11.7. The highest BCUT2D eigenvalue weighted by Gasteiger charge is 2.60. The smallest absolute Gasteiger partial charge is 0.110 e. The lowest BCUT2D eigenvalue weighted by Crippen LogP contribution is -2.54. The molecule has 192 valence electrons. The lowest BCUT2D eigenvalue weighted by Gasteiger charge is -2.46. The molecule has 4 aliphatic rings. The van der Waals surface area contributed by atoms with E-state index in [2.05, 4.69) is 27.7 Å². The van der Waals surface area contributed by atoms with E-state index < -0.39 is 0 Å². The highest BCUT2D eigenvalue weighted by Crippen LogP contribution is 2.50. The van der Waals surface area contributed by atoms with E-state index in [1.165, 1.54) is 51.4 Å². The summed E-state index contributed by atoms with van der Waals surface area (Å²) in [5.74, 6) is 1.34. The standard InChI is InChI=1S/C28H50O5/c1-5-9-11-21(7-3)13-27(25-19-31-25,15-23-17-29-23)33-28(26-20-32-26,16-24-18-30-24)14-22(8-4)12-10-6-2/h21-26H,5-20H2,1-4H3. The minimum absolute atomic E-state index is 0.200. The first kappa shape index (κ1) is 25.9. The van der Waals surface area contributed by atoms with Crippen LogP contribution >= 0.6 is 0 Å². The predicted octanol–water partition coefficient (Wildman–Crippen LogP) is 6.07. The van der Waals surface area contributed by atoms with Crippen molar-refractivity contribution in [3.63, 3.8) is 0 Å². The van der Waals surface area contributed by atoms with Gasteiger partial charge in [-0.2, -0.15) is 0 Å². The fourth-order valence-electron chi connectivity index (χ4n) is 6.11. The van der Waals surface area contributed by atoms with Gasteiger partial charge in [-0.3, -0.25) is 0 Å². The Hall–Kier alpha value is -0.200. The molecule has 0 aromatic carbocycles. The molecule has 0 N–H and O–H groups in total. The van der Waals surface area contributed by atoms with Gasteiger partial charge in [0, 0.05) is 12.8 Å². The van der Waals surface area contributed by atoms with E-state index in [9.17, 15) is 0 Å². The number of epoxide rings is 4. The fraction of sp³-hybridized carbons (Fsp3) is 1.00. The molecule has 5 nitrogen and oxygen atoms in total. The summed E-state index contributed by atoms with van der Waals surface area (Å²) < 4.78 is 31.3. The molecule has 0 aromatic rings. The van der Waals surface area contributed by atoms with Crippen molar-refractivity contribution in [2.24, 2.45) is 11.8 Å². The Morgan fingerprint density at radius 1 is 0.667 bits per heavy atom. The van der Waals surface area contributed by atoms with Crippen LogP contribution in [0.3, 0.4) is 0 Å². The lowest BCUT2D eigenvalue weighted by atomic mass is 9.77. The lowest BCUT2D eigenvalue weighted by molar-refractivity contribution is -0.202. The van der Waals surface area contributed by atoms with Gasteiger partial charge in [0.25, 0.3) is 0 Å². The van der Waals surface area contributed by atoms with Crippen molar-refractivity contribution >= 4 is 0 Å². The van der Waals surface area contributed by atoms with Crippen molar-refractivity contribution < 1.29 is 23.7 Å². The first-order chi connectivity index (χ1) is 16.1. The molecule has 4 heterocycles. The zero-order valence-electron chi connectivity index (χ0n) is 21.8. The van der Waals surface area contributed by atoms with Crippen LogP contribution in [-0.2, 0) is 23.7 Å². The van der Waals surface area contributed by atoms with Gasteiger partial charge < -0.3 is 23.7 Å². The summed E-state index contributed by atoms with van der Waals surface area (Å²) in [7, 11) is 0. The summed E-state index contributed by atoms with van der Waals surface area (Å²) >= 11 is 0. The molecule has 0 amide bonds. The Bertz CT molecular complexity index is 533. The molecule has 0 aliphatic carbocycles. The van der Waals surface area contributed by atoms with Crippen LogP contribution in [0.5, 0.6) is 0 Å². The molecule has 0 aromatic heterocycles. The molecule has 0 bridgehead atoms. The maximum Gasteiger partial charge on any atom is 0.110 e. The summed E-state index contributed by atoms with van der Waals surface area (Å²) in [6.45, 7) is 12.7. The molecule has 8 unspecified atom stereocenters. The molecule has 4 saturated heterocycles. The average molecular weight is 467 g/mol. The minimum Gasteiger partial charge on any atom is -0.373 e. The number of hydrogen-bond donors (Lipinski definition) is 0. The highest BCUT2D eigenvalue weighted by atomic mass is 16.7. The summed E-state index contributed by atoms with van der Waals surface area (Å²) in [4.78, 5) is 0. The molecule has 0 radical (unpaired) electrons. The minimum atomic E-state index is -0.264. The first-order valence-electron chi connectivity index (χ1n) is 14.2. The van der Waals surface area contributed by atoms with E-state index in [0.717, 1.165) is 52.1 Å². The second-order valence-electron chi connectivity index (χ2n) is 11.4. The summed E-state index contributed by atoms with van der Waals surface area (Å²) in [5.41, 5.74) is -0.529. The maximum absolute atomic E-state index is 7.59. The van der Waals surface area contributed by atoms with Crippen LogP contribution < -0.4 is 0 Å². The Labute approximate surface area is 202 Å². The molecule has 4 aliphatic heterocycles. The molecular formula is C28H50O5. The largest absolute Gasteiger partial charge is 0.373 e. The van der Waals surface area contributed by atoms with Gasteiger partial charge in [0.05, 0.1) is 38.6 Å². The van der Waals surface area contributed by atoms with Crippen molar-refractivity contribution in [2.45, 2.75) is 140 Å². The summed E-state index contributed by atoms with van der Waals surface area (Å²) in [5, 5.41) is 0. The SMILES string of the molecule is CCCCC(CC)CC(CC1CO1)(OC(CC(CC)CCCC)(CC1CO1)C1CO1)C1CO1. The monoisotopic (exact) mass is 466 g/mol. The van der Waals surface area contributed by atoms with Crippen molar-refractivity contribution in [1.82, 2.24) is 0 Å². The molecule has 8 atom stereocenters. The van der Waals surface area contributed by atoms with Gasteiger partial charge in [0.2, 0.25) is 0 Å².